The first-order valence-corrected chi connectivity index (χ1v) is 19.6. The van der Waals surface area contributed by atoms with E-state index in [2.05, 4.69) is 43.2 Å². The molecule has 0 aliphatic heterocycles. The number of rotatable bonds is 12. The third-order valence-corrected chi connectivity index (χ3v) is 10.6. The maximum absolute atomic E-state index is 13.1. The van der Waals surface area contributed by atoms with E-state index in [1.54, 1.807) is 36.4 Å². The molecule has 0 spiro atoms. The van der Waals surface area contributed by atoms with Crippen molar-refractivity contribution in [3.63, 3.8) is 0 Å². The zero-order valence-electron chi connectivity index (χ0n) is 33.7. The molecule has 304 valence electrons. The predicted octanol–water partition coefficient (Wildman–Crippen LogP) is 6.07. The molecule has 0 fully saturated rings. The number of hydrogen-bond donors (Lipinski definition) is 0. The Morgan fingerprint density at radius 3 is 1.85 bits per heavy atom. The normalized spacial score (nSPS) is 14.0. The summed E-state index contributed by atoms with van der Waals surface area (Å²) >= 11 is 0. The average Bonchev–Trinajstić information content (AvgIpc) is 4.09. The summed E-state index contributed by atoms with van der Waals surface area (Å²) in [6.45, 7) is 1.30. The van der Waals surface area contributed by atoms with Crippen LogP contribution in [-0.4, -0.2) is 76.2 Å². The standard InChI is InChI=1S/C26H22N4O4.C20H17N5O2/c1-33-25-18(14-28-26(29-25)34-2)22-20(31)13-21(32)23(22)19-15-30(24-17(19)9-6-11-27-24)12-10-16-7-4-3-5-8-16;1-24-10-6-15(23-24)19-17(27)11-16(26)18(19)14-12-25(9-3-2-7-21)20-13(14)5-4-8-22-20/h3-9,11,14-15H,10,12-13H2,1-2H3;4-6,8,10,12H,2-3,9,11H2,1H3. The van der Waals surface area contributed by atoms with Crippen LogP contribution >= 0.6 is 0 Å². The van der Waals surface area contributed by atoms with Gasteiger partial charge in [-0.05, 0) is 48.7 Å². The second-order valence-corrected chi connectivity index (χ2v) is 14.4. The number of pyridine rings is 2. The van der Waals surface area contributed by atoms with Crippen LogP contribution in [0, 0.1) is 11.3 Å². The summed E-state index contributed by atoms with van der Waals surface area (Å²) in [5, 5.41) is 14.7. The second-order valence-electron chi connectivity index (χ2n) is 14.4. The molecule has 0 amide bonds. The fourth-order valence-corrected chi connectivity index (χ4v) is 7.86. The molecule has 15 nitrogen and oxygen atoms in total. The van der Waals surface area contributed by atoms with E-state index in [1.165, 1.54) is 26.0 Å². The van der Waals surface area contributed by atoms with Crippen molar-refractivity contribution in [1.82, 2.24) is 38.9 Å². The number of hydrogen-bond acceptors (Lipinski definition) is 12. The molecule has 2 aliphatic carbocycles. The first kappa shape index (κ1) is 39.9. The van der Waals surface area contributed by atoms with Crippen LogP contribution in [0.4, 0.5) is 0 Å². The molecule has 0 unspecified atom stereocenters. The van der Waals surface area contributed by atoms with E-state index in [9.17, 15) is 19.2 Å². The number of unbranched alkanes of at least 4 members (excludes halogenated alkanes) is 1. The molecular weight excluding hydrogens is 775 g/mol. The molecule has 6 heterocycles. The van der Waals surface area contributed by atoms with E-state index in [-0.39, 0.29) is 53.4 Å². The molecule has 15 heteroatoms. The number of nitriles is 1. The van der Waals surface area contributed by atoms with Gasteiger partial charge in [-0.15, -0.1) is 0 Å². The summed E-state index contributed by atoms with van der Waals surface area (Å²) in [6, 6.07) is 21.6. The zero-order valence-corrected chi connectivity index (χ0v) is 33.7. The number of ether oxygens (including phenoxy) is 2. The number of methoxy groups -OCH3 is 2. The lowest BCUT2D eigenvalue weighted by molar-refractivity contribution is -0.121. The molecule has 0 radical (unpaired) electrons. The molecule has 0 atom stereocenters. The number of ketones is 4. The van der Waals surface area contributed by atoms with Crippen molar-refractivity contribution >= 4 is 67.5 Å². The highest BCUT2D eigenvalue weighted by molar-refractivity contribution is 6.52. The summed E-state index contributed by atoms with van der Waals surface area (Å²) in [5.74, 6) is -0.762. The van der Waals surface area contributed by atoms with Crippen LogP contribution in [0.3, 0.4) is 0 Å². The van der Waals surface area contributed by atoms with Gasteiger partial charge in [-0.3, -0.25) is 23.9 Å². The van der Waals surface area contributed by atoms with Crippen LogP contribution < -0.4 is 9.47 Å². The fourth-order valence-electron chi connectivity index (χ4n) is 7.86. The first-order chi connectivity index (χ1) is 29.7. The number of carbonyl (C=O) groups excluding carboxylic acids is 4. The molecule has 2 aliphatic rings. The van der Waals surface area contributed by atoms with Gasteiger partial charge in [0.1, 0.15) is 11.3 Å². The van der Waals surface area contributed by atoms with Crippen molar-refractivity contribution in [1.29, 1.82) is 5.26 Å². The van der Waals surface area contributed by atoms with Crippen molar-refractivity contribution in [2.45, 2.75) is 45.2 Å². The maximum atomic E-state index is 13.1. The number of Topliss-reactive ketones (excluding diaryl/α,β-unsaturated/α-hetero) is 4. The average molecular weight is 814 g/mol. The van der Waals surface area contributed by atoms with Crippen molar-refractivity contribution in [3.8, 4) is 18.0 Å². The molecule has 0 bridgehead atoms. The van der Waals surface area contributed by atoms with Crippen LogP contribution in [0.25, 0.3) is 44.4 Å². The lowest BCUT2D eigenvalue weighted by Gasteiger charge is -2.10. The van der Waals surface area contributed by atoms with Gasteiger partial charge in [-0.2, -0.15) is 15.3 Å². The number of fused-ring (bicyclic) bond motifs is 2. The monoisotopic (exact) mass is 813 g/mol. The Balaban J connectivity index is 0.000000173. The third kappa shape index (κ3) is 7.74. The summed E-state index contributed by atoms with van der Waals surface area (Å²) in [6.07, 6.45) is 12.0. The lowest BCUT2D eigenvalue weighted by atomic mass is 9.97. The minimum atomic E-state index is -0.291. The molecule has 6 aromatic heterocycles. The SMILES string of the molecule is COc1ncc(C2=C(c3cn(CCc4ccccc4)c4ncccc34)C(=O)CC2=O)c(OC)n1.Cn1ccc(C2=C(c3cn(CCCC#N)c4ncccc34)C(=O)CC2=O)n1. The summed E-state index contributed by atoms with van der Waals surface area (Å²) < 4.78 is 16.1. The van der Waals surface area contributed by atoms with Crippen LogP contribution in [0.15, 0.2) is 97.8 Å². The number of aromatic nitrogens is 8. The van der Waals surface area contributed by atoms with Crippen molar-refractivity contribution in [3.05, 3.63) is 126 Å². The molecule has 7 aromatic rings. The van der Waals surface area contributed by atoms with Crippen molar-refractivity contribution in [2.75, 3.05) is 14.2 Å². The van der Waals surface area contributed by atoms with Gasteiger partial charge in [-0.1, -0.05) is 30.3 Å². The molecule has 0 N–H and O–H groups in total. The Labute approximate surface area is 349 Å². The lowest BCUT2D eigenvalue weighted by Crippen LogP contribution is -2.03. The van der Waals surface area contributed by atoms with Crippen LogP contribution in [-0.2, 0) is 45.7 Å². The van der Waals surface area contributed by atoms with Gasteiger partial charge in [0.15, 0.2) is 23.1 Å². The quantitative estimate of drug-likeness (QED) is 0.103. The Hall–Kier alpha value is -7.86. The topological polar surface area (TPSA) is 190 Å². The Morgan fingerprint density at radius 1 is 0.689 bits per heavy atom. The van der Waals surface area contributed by atoms with Gasteiger partial charge in [-0.25, -0.2) is 15.0 Å². The number of benzene rings is 1. The highest BCUT2D eigenvalue weighted by Crippen LogP contribution is 2.41. The third-order valence-electron chi connectivity index (χ3n) is 10.6. The molecule has 0 saturated carbocycles. The van der Waals surface area contributed by atoms with E-state index in [4.69, 9.17) is 14.7 Å². The molecule has 1 aromatic carbocycles. The Bertz CT molecular complexity index is 2980. The number of allylic oxidation sites excluding steroid dienone is 4. The van der Waals surface area contributed by atoms with E-state index in [0.29, 0.717) is 65.0 Å². The van der Waals surface area contributed by atoms with Gasteiger partial charge < -0.3 is 18.6 Å². The van der Waals surface area contributed by atoms with E-state index in [0.717, 1.165) is 28.5 Å². The van der Waals surface area contributed by atoms with Crippen LogP contribution in [0.2, 0.25) is 0 Å². The second kappa shape index (κ2) is 17.2. The van der Waals surface area contributed by atoms with Gasteiger partial charge in [0, 0.05) is 102 Å². The molecule has 61 heavy (non-hydrogen) atoms. The van der Waals surface area contributed by atoms with E-state index < -0.39 is 0 Å². The maximum Gasteiger partial charge on any atom is 0.319 e. The van der Waals surface area contributed by atoms with Crippen molar-refractivity contribution in [2.24, 2.45) is 7.05 Å². The number of carbonyl (C=O) groups is 4. The van der Waals surface area contributed by atoms with Gasteiger partial charge in [0.2, 0.25) is 5.88 Å². The summed E-state index contributed by atoms with van der Waals surface area (Å²) in [4.78, 5) is 68.7. The highest BCUT2D eigenvalue weighted by atomic mass is 16.5. The van der Waals surface area contributed by atoms with E-state index in [1.807, 2.05) is 64.0 Å². The minimum Gasteiger partial charge on any atom is -0.480 e. The van der Waals surface area contributed by atoms with Gasteiger partial charge in [0.05, 0.1) is 50.0 Å². The summed E-state index contributed by atoms with van der Waals surface area (Å²) in [5.41, 5.74) is 6.33. The summed E-state index contributed by atoms with van der Waals surface area (Å²) in [7, 11) is 4.67. The molecular formula is C46H39N9O6. The van der Waals surface area contributed by atoms with Crippen molar-refractivity contribution < 1.29 is 28.7 Å². The predicted molar refractivity (Wildman–Crippen MR) is 226 cm³/mol. The number of nitrogens with zero attached hydrogens (tertiary/aromatic N) is 9. The van der Waals surface area contributed by atoms with E-state index >= 15 is 0 Å². The minimum absolute atomic E-state index is 0.112. The van der Waals surface area contributed by atoms with Gasteiger partial charge in [0.25, 0.3) is 0 Å². The van der Waals surface area contributed by atoms with Gasteiger partial charge >= 0.3 is 6.01 Å². The van der Waals surface area contributed by atoms with Crippen LogP contribution in [0.1, 0.15) is 53.6 Å². The first-order valence-electron chi connectivity index (χ1n) is 19.6. The molecule has 9 rings (SSSR count). The fraction of sp³-hybridized carbons (Fsp3) is 0.217. The number of aryl methyl sites for hydroxylation is 4. The smallest absolute Gasteiger partial charge is 0.319 e. The van der Waals surface area contributed by atoms with Crippen LogP contribution in [0.5, 0.6) is 11.9 Å². The Kier molecular flexibility index (Phi) is 11.2. The highest BCUT2D eigenvalue weighted by Gasteiger charge is 2.37. The Morgan fingerprint density at radius 2 is 1.28 bits per heavy atom. The largest absolute Gasteiger partial charge is 0.480 e. The zero-order chi connectivity index (χ0) is 42.6. The molecule has 0 saturated heterocycles.